The van der Waals surface area contributed by atoms with Gasteiger partial charge in [-0.05, 0) is 31.7 Å². The molecule has 1 amide bonds. The van der Waals surface area contributed by atoms with Gasteiger partial charge in [-0.25, -0.2) is 4.68 Å². The lowest BCUT2D eigenvalue weighted by Gasteiger charge is -2.32. The van der Waals surface area contributed by atoms with E-state index in [9.17, 15) is 4.79 Å². The summed E-state index contributed by atoms with van der Waals surface area (Å²) in [6.45, 7) is 8.18. The number of carbonyl (C=O) groups is 1. The number of nitrogens with zero attached hydrogens (tertiary/aromatic N) is 4. The third-order valence-electron chi connectivity index (χ3n) is 4.59. The molecule has 130 valence electrons. The minimum atomic E-state index is -0.256. The van der Waals surface area contributed by atoms with Gasteiger partial charge in [0.15, 0.2) is 0 Å². The van der Waals surface area contributed by atoms with Crippen LogP contribution in [0, 0.1) is 5.92 Å². The minimum Gasteiger partial charge on any atom is -0.338 e. The van der Waals surface area contributed by atoms with Crippen molar-refractivity contribution in [3.05, 3.63) is 11.9 Å². The van der Waals surface area contributed by atoms with Crippen LogP contribution in [0.1, 0.15) is 44.8 Å². The number of rotatable bonds is 8. The molecular formula is C16H30N6O. The minimum absolute atomic E-state index is 0.166. The summed E-state index contributed by atoms with van der Waals surface area (Å²) in [6, 6.07) is -0.256. The lowest BCUT2D eigenvalue weighted by molar-refractivity contribution is -0.137. The molecule has 7 nitrogen and oxygen atoms in total. The van der Waals surface area contributed by atoms with Gasteiger partial charge in [0, 0.05) is 32.4 Å². The van der Waals surface area contributed by atoms with E-state index in [1.54, 1.807) is 4.68 Å². The molecule has 0 saturated carbocycles. The fourth-order valence-corrected chi connectivity index (χ4v) is 2.93. The molecule has 23 heavy (non-hydrogen) atoms. The van der Waals surface area contributed by atoms with E-state index < -0.39 is 0 Å². The molecule has 1 unspecified atom stereocenters. The van der Waals surface area contributed by atoms with E-state index in [1.807, 2.05) is 11.1 Å². The molecule has 1 aromatic heterocycles. The van der Waals surface area contributed by atoms with Gasteiger partial charge >= 0.3 is 0 Å². The molecule has 7 heteroatoms. The fourth-order valence-electron chi connectivity index (χ4n) is 2.93. The van der Waals surface area contributed by atoms with Crippen molar-refractivity contribution < 1.29 is 4.79 Å². The Bertz CT molecular complexity index is 483. The molecule has 2 heterocycles. The van der Waals surface area contributed by atoms with Crippen LogP contribution in [0.3, 0.4) is 0 Å². The van der Waals surface area contributed by atoms with Crippen LogP contribution < -0.4 is 11.1 Å². The van der Waals surface area contributed by atoms with Gasteiger partial charge in [0.25, 0.3) is 0 Å². The topological polar surface area (TPSA) is 89.1 Å². The largest absolute Gasteiger partial charge is 0.338 e. The standard InChI is InChI=1S/C16H30N6O/c1-3-13(2)15(16(23)21-10-8-18-9-11-21)22-12-14(19-20-22)6-4-5-7-17/h12-13,15,18H,3-11,17H2,1-2H3/t13?,15-/m1/s1. The maximum Gasteiger partial charge on any atom is 0.247 e. The van der Waals surface area contributed by atoms with Crippen LogP contribution in [-0.2, 0) is 11.2 Å². The van der Waals surface area contributed by atoms with Crippen molar-refractivity contribution >= 4 is 5.91 Å². The summed E-state index contributed by atoms with van der Waals surface area (Å²) in [6.07, 6.45) is 5.74. The number of hydrogen-bond donors (Lipinski definition) is 2. The fraction of sp³-hybridized carbons (Fsp3) is 0.812. The molecule has 0 aromatic carbocycles. The van der Waals surface area contributed by atoms with Crippen LogP contribution >= 0.6 is 0 Å². The molecule has 0 aliphatic carbocycles. The number of nitrogens with two attached hydrogens (primary N) is 1. The highest BCUT2D eigenvalue weighted by Gasteiger charge is 2.31. The highest BCUT2D eigenvalue weighted by atomic mass is 16.2. The molecule has 1 fully saturated rings. The predicted molar refractivity (Wildman–Crippen MR) is 90.0 cm³/mol. The van der Waals surface area contributed by atoms with Crippen molar-refractivity contribution in [1.82, 2.24) is 25.2 Å². The normalized spacial score (nSPS) is 18.0. The Morgan fingerprint density at radius 2 is 2.13 bits per heavy atom. The van der Waals surface area contributed by atoms with E-state index >= 15 is 0 Å². The average Bonchev–Trinajstić information content (AvgIpc) is 3.04. The summed E-state index contributed by atoms with van der Waals surface area (Å²) in [7, 11) is 0. The monoisotopic (exact) mass is 322 g/mol. The molecule has 1 aliphatic rings. The van der Waals surface area contributed by atoms with Crippen molar-refractivity contribution in [3.8, 4) is 0 Å². The van der Waals surface area contributed by atoms with Gasteiger partial charge in [0.1, 0.15) is 6.04 Å². The highest BCUT2D eigenvalue weighted by Crippen LogP contribution is 2.23. The summed E-state index contributed by atoms with van der Waals surface area (Å²) in [4.78, 5) is 14.9. The van der Waals surface area contributed by atoms with Gasteiger partial charge in [0.2, 0.25) is 5.91 Å². The Balaban J connectivity index is 2.09. The van der Waals surface area contributed by atoms with Crippen LogP contribution in [0.5, 0.6) is 0 Å². The number of amides is 1. The lowest BCUT2D eigenvalue weighted by atomic mass is 9.97. The van der Waals surface area contributed by atoms with Crippen LogP contribution in [-0.4, -0.2) is 58.5 Å². The van der Waals surface area contributed by atoms with Gasteiger partial charge in [0.05, 0.1) is 5.69 Å². The number of piperazine rings is 1. The summed E-state index contributed by atoms with van der Waals surface area (Å²) in [5.41, 5.74) is 6.47. The van der Waals surface area contributed by atoms with Crippen molar-refractivity contribution in [2.24, 2.45) is 11.7 Å². The number of hydrogen-bond acceptors (Lipinski definition) is 5. The lowest BCUT2D eigenvalue weighted by Crippen LogP contribution is -2.49. The first-order valence-corrected chi connectivity index (χ1v) is 8.77. The molecule has 1 aliphatic heterocycles. The SMILES string of the molecule is CCC(C)[C@H](C(=O)N1CCNCC1)n1cc(CCCCN)nn1. The summed E-state index contributed by atoms with van der Waals surface area (Å²) < 4.78 is 1.77. The number of carbonyl (C=O) groups excluding carboxylic acids is 1. The number of unbranched alkanes of at least 4 members (excludes halogenated alkanes) is 1. The summed E-state index contributed by atoms with van der Waals surface area (Å²) in [5.74, 6) is 0.398. The molecule has 0 radical (unpaired) electrons. The second kappa shape index (κ2) is 8.98. The predicted octanol–water partition coefficient (Wildman–Crippen LogP) is 0.579. The Hall–Kier alpha value is -1.47. The summed E-state index contributed by atoms with van der Waals surface area (Å²) in [5, 5.41) is 11.8. The first kappa shape index (κ1) is 17.9. The Kier molecular flexibility index (Phi) is 6.98. The average molecular weight is 322 g/mol. The van der Waals surface area contributed by atoms with Gasteiger partial charge < -0.3 is 16.0 Å². The zero-order valence-electron chi connectivity index (χ0n) is 14.4. The Morgan fingerprint density at radius 3 is 2.78 bits per heavy atom. The molecule has 3 N–H and O–H groups in total. The van der Waals surface area contributed by atoms with E-state index in [2.05, 4.69) is 29.5 Å². The van der Waals surface area contributed by atoms with Crippen LogP contribution in [0.4, 0.5) is 0 Å². The zero-order valence-corrected chi connectivity index (χ0v) is 14.4. The van der Waals surface area contributed by atoms with E-state index in [0.29, 0.717) is 6.54 Å². The van der Waals surface area contributed by atoms with Crippen molar-refractivity contribution in [1.29, 1.82) is 0 Å². The quantitative estimate of drug-likeness (QED) is 0.683. The molecule has 2 rings (SSSR count). The number of aromatic nitrogens is 3. The molecular weight excluding hydrogens is 292 g/mol. The molecule has 1 saturated heterocycles. The van der Waals surface area contributed by atoms with Crippen LogP contribution in [0.25, 0.3) is 0 Å². The van der Waals surface area contributed by atoms with Crippen molar-refractivity contribution in [2.45, 2.75) is 45.6 Å². The molecule has 2 atom stereocenters. The first-order valence-electron chi connectivity index (χ1n) is 8.77. The zero-order chi connectivity index (χ0) is 16.7. The molecule has 0 spiro atoms. The van der Waals surface area contributed by atoms with Crippen molar-refractivity contribution in [2.75, 3.05) is 32.7 Å². The first-order chi connectivity index (χ1) is 11.2. The van der Waals surface area contributed by atoms with Gasteiger partial charge in [-0.1, -0.05) is 25.5 Å². The Morgan fingerprint density at radius 1 is 1.39 bits per heavy atom. The van der Waals surface area contributed by atoms with E-state index in [-0.39, 0.29) is 17.9 Å². The van der Waals surface area contributed by atoms with E-state index in [1.165, 1.54) is 0 Å². The molecule has 1 aromatic rings. The number of nitrogens with one attached hydrogen (secondary N) is 1. The van der Waals surface area contributed by atoms with Gasteiger partial charge in [-0.2, -0.15) is 0 Å². The van der Waals surface area contributed by atoms with Crippen molar-refractivity contribution in [3.63, 3.8) is 0 Å². The second-order valence-electron chi connectivity index (χ2n) is 6.34. The maximum atomic E-state index is 13.0. The van der Waals surface area contributed by atoms with Gasteiger partial charge in [-0.3, -0.25) is 4.79 Å². The molecule has 0 bridgehead atoms. The Labute approximate surface area is 138 Å². The summed E-state index contributed by atoms with van der Waals surface area (Å²) >= 11 is 0. The maximum absolute atomic E-state index is 13.0. The third kappa shape index (κ3) is 4.75. The van der Waals surface area contributed by atoms with Gasteiger partial charge in [-0.15, -0.1) is 5.10 Å². The van der Waals surface area contributed by atoms with E-state index in [0.717, 1.165) is 57.6 Å². The number of aryl methyl sites for hydroxylation is 1. The third-order valence-corrected chi connectivity index (χ3v) is 4.59. The van der Waals surface area contributed by atoms with Crippen LogP contribution in [0.15, 0.2) is 6.20 Å². The smallest absolute Gasteiger partial charge is 0.247 e. The second-order valence-corrected chi connectivity index (χ2v) is 6.34. The van der Waals surface area contributed by atoms with E-state index in [4.69, 9.17) is 5.73 Å². The van der Waals surface area contributed by atoms with Crippen LogP contribution in [0.2, 0.25) is 0 Å². The highest BCUT2D eigenvalue weighted by molar-refractivity contribution is 5.80.